The molecule has 2 fully saturated rings. The molecule has 0 aromatic carbocycles. The topological polar surface area (TPSA) is 69.3 Å². The molecule has 0 radical (unpaired) electrons. The van der Waals surface area contributed by atoms with E-state index >= 15 is 0 Å². The van der Waals surface area contributed by atoms with Crippen molar-refractivity contribution in [1.29, 1.82) is 0 Å². The first kappa shape index (κ1) is 25.2. The summed E-state index contributed by atoms with van der Waals surface area (Å²) in [6, 6.07) is 0. The fraction of sp³-hybridized carbons (Fsp3) is 0.875. The second kappa shape index (κ2) is 12.7. The van der Waals surface area contributed by atoms with E-state index in [0.29, 0.717) is 12.5 Å². The van der Waals surface area contributed by atoms with Gasteiger partial charge in [-0.2, -0.15) is 0 Å². The number of alkyl carbamates (subject to hydrolysis) is 1. The van der Waals surface area contributed by atoms with Crippen molar-refractivity contribution in [1.82, 2.24) is 5.32 Å². The molecule has 1 aliphatic heterocycles. The standard InChI is InChI=1S/C24H43NO5/c1-18(2)11-10-12-19(3)21-22(28-5)20(13-14-24(21)17-29-24)30-23(26)25-15-8-6-7-9-16-27-4/h11,19-22H,6-10,12-17H2,1-5H3,(H,25,26)/t19?,20?,21?,22?,24-/m0/s1. The van der Waals surface area contributed by atoms with E-state index in [1.165, 1.54) is 5.57 Å². The van der Waals surface area contributed by atoms with Gasteiger partial charge in [-0.1, -0.05) is 31.4 Å². The lowest BCUT2D eigenvalue weighted by Crippen LogP contribution is -2.53. The number of hydrogen-bond acceptors (Lipinski definition) is 5. The fourth-order valence-corrected chi connectivity index (χ4v) is 4.85. The molecule has 1 aliphatic carbocycles. The van der Waals surface area contributed by atoms with E-state index in [1.54, 1.807) is 14.2 Å². The Bertz CT molecular complexity index is 542. The molecule has 6 nitrogen and oxygen atoms in total. The third-order valence-electron chi connectivity index (χ3n) is 6.56. The van der Waals surface area contributed by atoms with Gasteiger partial charge in [-0.15, -0.1) is 0 Å². The van der Waals surface area contributed by atoms with Crippen LogP contribution >= 0.6 is 0 Å². The Morgan fingerprint density at radius 1 is 1.23 bits per heavy atom. The van der Waals surface area contributed by atoms with E-state index in [4.69, 9.17) is 18.9 Å². The molecule has 0 aromatic heterocycles. The highest BCUT2D eigenvalue weighted by atomic mass is 16.6. The maximum absolute atomic E-state index is 12.4. The number of rotatable bonds is 13. The van der Waals surface area contributed by atoms with Gasteiger partial charge in [-0.05, 0) is 58.3 Å². The van der Waals surface area contributed by atoms with Crippen LogP contribution in [0.5, 0.6) is 0 Å². The SMILES string of the molecule is COCCCCCCNC(=O)OC1CC[C@]2(CO2)C(C(C)CCC=C(C)C)C1OC. The lowest BCUT2D eigenvalue weighted by Gasteiger charge is -2.43. The van der Waals surface area contributed by atoms with Gasteiger partial charge in [0.1, 0.15) is 12.2 Å². The third-order valence-corrected chi connectivity index (χ3v) is 6.56. The van der Waals surface area contributed by atoms with Gasteiger partial charge in [0, 0.05) is 33.3 Å². The number of amides is 1. The Hall–Kier alpha value is -1.11. The van der Waals surface area contributed by atoms with Crippen molar-refractivity contribution >= 4 is 6.09 Å². The lowest BCUT2D eigenvalue weighted by atomic mass is 9.68. The second-order valence-corrected chi connectivity index (χ2v) is 9.23. The molecule has 4 unspecified atom stereocenters. The molecule has 1 amide bonds. The summed E-state index contributed by atoms with van der Waals surface area (Å²) >= 11 is 0. The molecule has 1 saturated heterocycles. The number of carbonyl (C=O) groups is 1. The first-order valence-electron chi connectivity index (χ1n) is 11.7. The van der Waals surface area contributed by atoms with E-state index in [1.807, 2.05) is 0 Å². The van der Waals surface area contributed by atoms with E-state index in [0.717, 1.165) is 64.6 Å². The minimum absolute atomic E-state index is 0.0798. The summed E-state index contributed by atoms with van der Waals surface area (Å²) in [6.45, 7) is 8.80. The van der Waals surface area contributed by atoms with Crippen molar-refractivity contribution in [2.75, 3.05) is 34.0 Å². The van der Waals surface area contributed by atoms with Crippen LogP contribution in [0.4, 0.5) is 4.79 Å². The van der Waals surface area contributed by atoms with Crippen LogP contribution in [0.15, 0.2) is 11.6 Å². The van der Waals surface area contributed by atoms with Gasteiger partial charge in [-0.3, -0.25) is 0 Å². The molecule has 30 heavy (non-hydrogen) atoms. The van der Waals surface area contributed by atoms with Crippen LogP contribution in [-0.4, -0.2) is 57.9 Å². The molecule has 5 atom stereocenters. The monoisotopic (exact) mass is 425 g/mol. The molecular weight excluding hydrogens is 382 g/mol. The van der Waals surface area contributed by atoms with Gasteiger partial charge >= 0.3 is 6.09 Å². The Morgan fingerprint density at radius 3 is 2.60 bits per heavy atom. The smallest absolute Gasteiger partial charge is 0.407 e. The van der Waals surface area contributed by atoms with E-state index < -0.39 is 0 Å². The zero-order chi connectivity index (χ0) is 22.0. The molecule has 1 spiro atoms. The average Bonchev–Trinajstić information content (AvgIpc) is 3.48. The van der Waals surface area contributed by atoms with Crippen LogP contribution in [0.3, 0.4) is 0 Å². The molecule has 2 aliphatic rings. The highest BCUT2D eigenvalue weighted by molar-refractivity contribution is 5.67. The van der Waals surface area contributed by atoms with Gasteiger partial charge in [0.05, 0.1) is 12.2 Å². The predicted molar refractivity (Wildman–Crippen MR) is 119 cm³/mol. The molecule has 6 heteroatoms. The Morgan fingerprint density at radius 2 is 1.97 bits per heavy atom. The largest absolute Gasteiger partial charge is 0.443 e. The van der Waals surface area contributed by atoms with Crippen molar-refractivity contribution < 1.29 is 23.7 Å². The maximum Gasteiger partial charge on any atom is 0.407 e. The molecule has 1 heterocycles. The van der Waals surface area contributed by atoms with Gasteiger partial charge in [0.2, 0.25) is 0 Å². The van der Waals surface area contributed by atoms with Crippen molar-refractivity contribution in [3.8, 4) is 0 Å². The number of epoxide rings is 1. The fourth-order valence-electron chi connectivity index (χ4n) is 4.85. The van der Waals surface area contributed by atoms with Gasteiger partial charge < -0.3 is 24.3 Å². The summed E-state index contributed by atoms with van der Waals surface area (Å²) in [7, 11) is 3.46. The van der Waals surface area contributed by atoms with Gasteiger partial charge in [0.25, 0.3) is 0 Å². The number of methoxy groups -OCH3 is 2. The van der Waals surface area contributed by atoms with Crippen molar-refractivity contribution in [3.63, 3.8) is 0 Å². The second-order valence-electron chi connectivity index (χ2n) is 9.23. The van der Waals surface area contributed by atoms with Crippen molar-refractivity contribution in [2.45, 2.75) is 89.9 Å². The maximum atomic E-state index is 12.4. The Labute approximate surface area is 183 Å². The summed E-state index contributed by atoms with van der Waals surface area (Å²) in [5.41, 5.74) is 1.27. The zero-order valence-electron chi connectivity index (χ0n) is 19.7. The first-order chi connectivity index (χ1) is 14.4. The van der Waals surface area contributed by atoms with Gasteiger partial charge in [0.15, 0.2) is 0 Å². The number of ether oxygens (including phenoxy) is 4. The van der Waals surface area contributed by atoms with Crippen LogP contribution in [0.25, 0.3) is 0 Å². The molecule has 1 N–H and O–H groups in total. The number of allylic oxidation sites excluding steroid dienone is 2. The van der Waals surface area contributed by atoms with Crippen LogP contribution in [-0.2, 0) is 18.9 Å². The van der Waals surface area contributed by atoms with E-state index in [-0.39, 0.29) is 29.8 Å². The molecular formula is C24H43NO5. The van der Waals surface area contributed by atoms with Crippen LogP contribution in [0.2, 0.25) is 0 Å². The quantitative estimate of drug-likeness (QED) is 0.259. The lowest BCUT2D eigenvalue weighted by molar-refractivity contribution is -0.114. The number of nitrogens with one attached hydrogen (secondary N) is 1. The highest BCUT2D eigenvalue weighted by Crippen LogP contribution is 2.51. The zero-order valence-corrected chi connectivity index (χ0v) is 19.7. The van der Waals surface area contributed by atoms with Crippen molar-refractivity contribution in [2.24, 2.45) is 11.8 Å². The minimum atomic E-state index is -0.331. The Balaban J connectivity index is 1.83. The third kappa shape index (κ3) is 7.54. The van der Waals surface area contributed by atoms with Crippen LogP contribution < -0.4 is 5.32 Å². The number of unbranched alkanes of at least 4 members (excludes halogenated alkanes) is 3. The highest BCUT2D eigenvalue weighted by Gasteiger charge is 2.60. The van der Waals surface area contributed by atoms with Crippen LogP contribution in [0.1, 0.15) is 72.1 Å². The van der Waals surface area contributed by atoms with Crippen LogP contribution in [0, 0.1) is 11.8 Å². The summed E-state index contributed by atoms with van der Waals surface area (Å²) in [5, 5.41) is 2.91. The molecule has 174 valence electrons. The number of hydrogen-bond donors (Lipinski definition) is 1. The summed E-state index contributed by atoms with van der Waals surface area (Å²) < 4.78 is 22.7. The molecule has 0 aromatic rings. The summed E-state index contributed by atoms with van der Waals surface area (Å²) in [6.07, 6.45) is 9.71. The molecule has 1 saturated carbocycles. The average molecular weight is 426 g/mol. The molecule has 2 rings (SSSR count). The van der Waals surface area contributed by atoms with E-state index in [9.17, 15) is 4.79 Å². The minimum Gasteiger partial charge on any atom is -0.443 e. The van der Waals surface area contributed by atoms with Crippen molar-refractivity contribution in [3.05, 3.63) is 11.6 Å². The summed E-state index contributed by atoms with van der Waals surface area (Å²) in [5.74, 6) is 0.690. The molecule has 0 bridgehead atoms. The summed E-state index contributed by atoms with van der Waals surface area (Å²) in [4.78, 5) is 12.4. The van der Waals surface area contributed by atoms with Gasteiger partial charge in [-0.25, -0.2) is 4.79 Å². The number of carbonyl (C=O) groups excluding carboxylic acids is 1. The Kier molecular flexibility index (Phi) is 10.6. The van der Waals surface area contributed by atoms with E-state index in [2.05, 4.69) is 32.2 Å². The normalized spacial score (nSPS) is 28.8. The predicted octanol–water partition coefficient (Wildman–Crippen LogP) is 4.86. The first-order valence-corrected chi connectivity index (χ1v) is 11.7.